The van der Waals surface area contributed by atoms with Gasteiger partial charge in [0.1, 0.15) is 7.05 Å². The van der Waals surface area contributed by atoms with Gasteiger partial charge in [-0.1, -0.05) is 36.5 Å². The van der Waals surface area contributed by atoms with Crippen molar-refractivity contribution in [2.24, 2.45) is 0 Å². The first-order valence-corrected chi connectivity index (χ1v) is 6.92. The molecule has 0 saturated heterocycles. The zero-order chi connectivity index (χ0) is 13.2. The van der Waals surface area contributed by atoms with Crippen molar-refractivity contribution in [3.8, 4) is 0 Å². The lowest BCUT2D eigenvalue weighted by molar-refractivity contribution is -0.522. The number of hydrogen-bond acceptors (Lipinski definition) is 1. The van der Waals surface area contributed by atoms with Gasteiger partial charge in [0.05, 0.1) is 5.57 Å². The lowest BCUT2D eigenvalue weighted by Crippen LogP contribution is -2.20. The summed E-state index contributed by atoms with van der Waals surface area (Å²) in [5, 5.41) is 0. The lowest BCUT2D eigenvalue weighted by atomic mass is 10.0. The van der Waals surface area contributed by atoms with Gasteiger partial charge in [-0.2, -0.15) is 4.58 Å². The molecule has 0 aromatic carbocycles. The number of ether oxygens (including phenoxy) is 1. The van der Waals surface area contributed by atoms with E-state index in [1.165, 1.54) is 16.7 Å². The van der Waals surface area contributed by atoms with Crippen molar-refractivity contribution in [1.82, 2.24) is 0 Å². The first kappa shape index (κ1) is 12.2. The molecule has 0 bridgehead atoms. The van der Waals surface area contributed by atoms with E-state index in [1.54, 1.807) is 0 Å². The van der Waals surface area contributed by atoms with Gasteiger partial charge >= 0.3 is 5.90 Å². The molecule has 3 aliphatic rings. The van der Waals surface area contributed by atoms with Gasteiger partial charge in [0.15, 0.2) is 12.6 Å². The summed E-state index contributed by atoms with van der Waals surface area (Å²) in [5.74, 6) is 1.02. The Kier molecular flexibility index (Phi) is 3.24. The molecule has 2 heteroatoms. The van der Waals surface area contributed by atoms with E-state index in [9.17, 15) is 0 Å². The van der Waals surface area contributed by atoms with Gasteiger partial charge in [-0.25, -0.2) is 0 Å². The minimum atomic E-state index is 0.448. The molecule has 19 heavy (non-hydrogen) atoms. The van der Waals surface area contributed by atoms with Crippen LogP contribution in [0, 0.1) is 0 Å². The average Bonchev–Trinajstić information content (AvgIpc) is 3.12. The van der Waals surface area contributed by atoms with Crippen LogP contribution in [-0.2, 0) is 4.74 Å². The van der Waals surface area contributed by atoms with Gasteiger partial charge in [0.2, 0.25) is 0 Å². The van der Waals surface area contributed by atoms with E-state index in [0.29, 0.717) is 6.04 Å². The molecule has 1 unspecified atom stereocenters. The molecule has 0 N–H and O–H groups in total. The molecule has 0 aromatic rings. The second-order valence-electron chi connectivity index (χ2n) is 5.33. The molecule has 0 spiro atoms. The van der Waals surface area contributed by atoms with Crippen molar-refractivity contribution < 1.29 is 9.31 Å². The van der Waals surface area contributed by atoms with Crippen molar-refractivity contribution >= 4 is 5.90 Å². The van der Waals surface area contributed by atoms with Crippen LogP contribution in [-0.4, -0.2) is 30.2 Å². The van der Waals surface area contributed by atoms with E-state index in [-0.39, 0.29) is 0 Å². The molecule has 2 nitrogen and oxygen atoms in total. The summed E-state index contributed by atoms with van der Waals surface area (Å²) in [6.45, 7) is 2.98. The Morgan fingerprint density at radius 3 is 2.63 bits per heavy atom. The van der Waals surface area contributed by atoms with E-state index in [0.717, 1.165) is 25.3 Å². The Morgan fingerprint density at radius 1 is 1.26 bits per heavy atom. The van der Waals surface area contributed by atoms with Gasteiger partial charge < -0.3 is 4.74 Å². The molecule has 98 valence electrons. The predicted molar refractivity (Wildman–Crippen MR) is 78.4 cm³/mol. The van der Waals surface area contributed by atoms with E-state index in [2.05, 4.69) is 61.1 Å². The van der Waals surface area contributed by atoms with Gasteiger partial charge in [0.25, 0.3) is 0 Å². The Labute approximate surface area is 114 Å². The standard InChI is InChI=1S/C17H20NO/c1-13-12-19-17(18(13)2)16(15-9-5-6-10-15)11-14-7-3-4-8-14/h3-7,9,11,13H,8,10,12H2,1-2H3/q+1/b16-11-. The molecule has 2 aliphatic carbocycles. The third-order valence-electron chi connectivity index (χ3n) is 3.92. The molecule has 3 rings (SSSR count). The fraction of sp³-hybridized carbons (Fsp3) is 0.353. The second kappa shape index (κ2) is 5.04. The molecule has 0 saturated carbocycles. The lowest BCUT2D eigenvalue weighted by Gasteiger charge is -2.06. The van der Waals surface area contributed by atoms with E-state index < -0.39 is 0 Å². The Morgan fingerprint density at radius 2 is 2.05 bits per heavy atom. The van der Waals surface area contributed by atoms with Crippen LogP contribution in [0.4, 0.5) is 0 Å². The van der Waals surface area contributed by atoms with Crippen LogP contribution in [0.2, 0.25) is 0 Å². The summed E-state index contributed by atoms with van der Waals surface area (Å²) in [6.07, 6.45) is 17.3. The molecule has 1 aliphatic heterocycles. The maximum atomic E-state index is 5.92. The highest BCUT2D eigenvalue weighted by atomic mass is 16.5. The summed E-state index contributed by atoms with van der Waals surface area (Å²) in [7, 11) is 2.12. The van der Waals surface area contributed by atoms with Crippen molar-refractivity contribution in [2.45, 2.75) is 25.8 Å². The van der Waals surface area contributed by atoms with Crippen LogP contribution in [0.3, 0.4) is 0 Å². The highest BCUT2D eigenvalue weighted by Gasteiger charge is 2.32. The normalized spacial score (nSPS) is 26.0. The third-order valence-corrected chi connectivity index (χ3v) is 3.92. The predicted octanol–water partition coefficient (Wildman–Crippen LogP) is 3.14. The molecule has 0 amide bonds. The number of allylic oxidation sites excluding steroid dienone is 8. The van der Waals surface area contributed by atoms with E-state index in [1.807, 2.05) is 0 Å². The minimum Gasteiger partial charge on any atom is -0.437 e. The Balaban J connectivity index is 1.98. The van der Waals surface area contributed by atoms with Crippen molar-refractivity contribution in [2.75, 3.05) is 13.7 Å². The number of likely N-dealkylation sites (N-methyl/N-ethyl adjacent to an activating group) is 1. The van der Waals surface area contributed by atoms with Crippen LogP contribution >= 0.6 is 0 Å². The maximum absolute atomic E-state index is 5.92. The molecule has 0 aromatic heterocycles. The zero-order valence-corrected chi connectivity index (χ0v) is 11.6. The molecule has 1 atom stereocenters. The van der Waals surface area contributed by atoms with Gasteiger partial charge in [-0.3, -0.25) is 0 Å². The van der Waals surface area contributed by atoms with Crippen LogP contribution in [0.5, 0.6) is 0 Å². The van der Waals surface area contributed by atoms with Crippen LogP contribution < -0.4 is 0 Å². The smallest absolute Gasteiger partial charge is 0.370 e. The first-order chi connectivity index (χ1) is 9.25. The Hall–Kier alpha value is -1.83. The van der Waals surface area contributed by atoms with Crippen LogP contribution in [0.1, 0.15) is 19.8 Å². The quantitative estimate of drug-likeness (QED) is 0.705. The van der Waals surface area contributed by atoms with Crippen molar-refractivity contribution in [3.63, 3.8) is 0 Å². The second-order valence-corrected chi connectivity index (χ2v) is 5.33. The monoisotopic (exact) mass is 254 g/mol. The number of hydrogen-bond donors (Lipinski definition) is 0. The fourth-order valence-electron chi connectivity index (χ4n) is 2.58. The SMILES string of the molecule is CC1COC(/C(=C\C2=CC=CC2)C2=CC=CC2)=[N+]1C. The molecule has 1 heterocycles. The molecular formula is C17H20NO+. The fourth-order valence-corrected chi connectivity index (χ4v) is 2.58. The average molecular weight is 254 g/mol. The minimum absolute atomic E-state index is 0.448. The molecular weight excluding hydrogens is 234 g/mol. The van der Waals surface area contributed by atoms with Crippen LogP contribution in [0.25, 0.3) is 0 Å². The van der Waals surface area contributed by atoms with Crippen LogP contribution in [0.15, 0.2) is 59.3 Å². The summed E-state index contributed by atoms with van der Waals surface area (Å²) in [6, 6.07) is 0.448. The largest absolute Gasteiger partial charge is 0.437 e. The van der Waals surface area contributed by atoms with Gasteiger partial charge in [-0.05, 0) is 30.1 Å². The van der Waals surface area contributed by atoms with E-state index in [4.69, 9.17) is 4.74 Å². The van der Waals surface area contributed by atoms with Gasteiger partial charge in [0, 0.05) is 6.92 Å². The summed E-state index contributed by atoms with van der Waals surface area (Å²) >= 11 is 0. The highest BCUT2D eigenvalue weighted by Crippen LogP contribution is 2.26. The van der Waals surface area contributed by atoms with Crippen molar-refractivity contribution in [1.29, 1.82) is 0 Å². The van der Waals surface area contributed by atoms with Gasteiger partial charge in [-0.15, -0.1) is 0 Å². The topological polar surface area (TPSA) is 12.2 Å². The maximum Gasteiger partial charge on any atom is 0.370 e. The highest BCUT2D eigenvalue weighted by molar-refractivity contribution is 5.96. The summed E-state index contributed by atoms with van der Waals surface area (Å²) in [4.78, 5) is 0. The number of rotatable bonds is 3. The number of nitrogens with zero attached hydrogens (tertiary/aromatic N) is 1. The zero-order valence-electron chi connectivity index (χ0n) is 11.6. The summed E-state index contributed by atoms with van der Waals surface area (Å²) in [5.41, 5.74) is 3.95. The summed E-state index contributed by atoms with van der Waals surface area (Å²) < 4.78 is 8.16. The first-order valence-electron chi connectivity index (χ1n) is 6.92. The third kappa shape index (κ3) is 2.35. The van der Waals surface area contributed by atoms with Crippen molar-refractivity contribution in [3.05, 3.63) is 59.3 Å². The Bertz CT molecular complexity index is 570. The molecule has 0 fully saturated rings. The van der Waals surface area contributed by atoms with E-state index >= 15 is 0 Å². The molecule has 0 radical (unpaired) electrons.